The van der Waals surface area contributed by atoms with Crippen LogP contribution in [0.15, 0.2) is 42.5 Å². The second-order valence-electron chi connectivity index (χ2n) is 5.63. The summed E-state index contributed by atoms with van der Waals surface area (Å²) in [6.07, 6.45) is 0. The van der Waals surface area contributed by atoms with Gasteiger partial charge in [-0.2, -0.15) is 0 Å². The molecule has 0 aliphatic carbocycles. The van der Waals surface area contributed by atoms with Gasteiger partial charge >= 0.3 is 0 Å². The van der Waals surface area contributed by atoms with Gasteiger partial charge in [0.25, 0.3) is 0 Å². The third kappa shape index (κ3) is 3.51. The summed E-state index contributed by atoms with van der Waals surface area (Å²) >= 11 is 0. The Morgan fingerprint density at radius 2 is 1.65 bits per heavy atom. The van der Waals surface area contributed by atoms with Gasteiger partial charge in [0.2, 0.25) is 0 Å². The standard InChI is InChI=1S/C18H20F2N2O/c1-23-17-12-15(20)6-7-16(17)18(22-10-8-21-9-11-22)13-2-4-14(19)5-3-13/h2-7,12,18,21H,8-11H2,1H3/t18-/m1/s1. The van der Waals surface area contributed by atoms with Crippen molar-refractivity contribution in [2.75, 3.05) is 33.3 Å². The van der Waals surface area contributed by atoms with Crippen molar-refractivity contribution in [2.45, 2.75) is 6.04 Å². The molecule has 122 valence electrons. The molecule has 3 rings (SSSR count). The third-order valence-corrected chi connectivity index (χ3v) is 4.19. The maximum Gasteiger partial charge on any atom is 0.126 e. The molecule has 0 amide bonds. The van der Waals surface area contributed by atoms with E-state index in [1.54, 1.807) is 18.2 Å². The first-order valence-electron chi connectivity index (χ1n) is 7.72. The number of methoxy groups -OCH3 is 1. The van der Waals surface area contributed by atoms with E-state index in [0.717, 1.165) is 37.3 Å². The molecule has 2 aromatic carbocycles. The predicted octanol–water partition coefficient (Wildman–Crippen LogP) is 2.97. The van der Waals surface area contributed by atoms with Gasteiger partial charge in [-0.15, -0.1) is 0 Å². The zero-order valence-electron chi connectivity index (χ0n) is 13.1. The molecule has 0 bridgehead atoms. The summed E-state index contributed by atoms with van der Waals surface area (Å²) in [5.41, 5.74) is 1.86. The maximum absolute atomic E-state index is 13.5. The Morgan fingerprint density at radius 1 is 1.00 bits per heavy atom. The van der Waals surface area contributed by atoms with Crippen LogP contribution in [0.5, 0.6) is 5.75 Å². The lowest BCUT2D eigenvalue weighted by molar-refractivity contribution is 0.195. The lowest BCUT2D eigenvalue weighted by atomic mass is 9.95. The smallest absolute Gasteiger partial charge is 0.126 e. The van der Waals surface area contributed by atoms with Gasteiger partial charge in [0, 0.05) is 37.8 Å². The van der Waals surface area contributed by atoms with Crippen molar-refractivity contribution in [1.29, 1.82) is 0 Å². The van der Waals surface area contributed by atoms with Crippen LogP contribution in [0, 0.1) is 11.6 Å². The summed E-state index contributed by atoms with van der Waals surface area (Å²) < 4.78 is 32.2. The molecule has 1 aliphatic rings. The molecule has 1 aliphatic heterocycles. The van der Waals surface area contributed by atoms with E-state index in [1.807, 2.05) is 0 Å². The largest absolute Gasteiger partial charge is 0.496 e. The van der Waals surface area contributed by atoms with Gasteiger partial charge in [-0.1, -0.05) is 18.2 Å². The summed E-state index contributed by atoms with van der Waals surface area (Å²) in [5, 5.41) is 3.33. The first kappa shape index (κ1) is 15.9. The van der Waals surface area contributed by atoms with Crippen LogP contribution in [0.2, 0.25) is 0 Å². The van der Waals surface area contributed by atoms with E-state index in [4.69, 9.17) is 4.74 Å². The number of rotatable bonds is 4. The minimum absolute atomic E-state index is 0.0896. The average molecular weight is 318 g/mol. The van der Waals surface area contributed by atoms with E-state index < -0.39 is 0 Å². The second kappa shape index (κ2) is 7.06. The fourth-order valence-corrected chi connectivity index (χ4v) is 3.08. The Labute approximate surface area is 134 Å². The predicted molar refractivity (Wildman–Crippen MR) is 85.6 cm³/mol. The minimum Gasteiger partial charge on any atom is -0.496 e. The number of hydrogen-bond donors (Lipinski definition) is 1. The molecule has 1 fully saturated rings. The lowest BCUT2D eigenvalue weighted by Gasteiger charge is -2.36. The van der Waals surface area contributed by atoms with Crippen molar-refractivity contribution in [3.8, 4) is 5.75 Å². The summed E-state index contributed by atoms with van der Waals surface area (Å²) in [4.78, 5) is 2.31. The maximum atomic E-state index is 13.5. The molecule has 1 atom stereocenters. The van der Waals surface area contributed by atoms with Crippen LogP contribution in [0.4, 0.5) is 8.78 Å². The molecule has 5 heteroatoms. The molecule has 23 heavy (non-hydrogen) atoms. The van der Waals surface area contributed by atoms with Crippen LogP contribution in [0.1, 0.15) is 17.2 Å². The van der Waals surface area contributed by atoms with Crippen molar-refractivity contribution < 1.29 is 13.5 Å². The fraction of sp³-hybridized carbons (Fsp3) is 0.333. The van der Waals surface area contributed by atoms with Crippen LogP contribution < -0.4 is 10.1 Å². The number of halogens is 2. The summed E-state index contributed by atoms with van der Waals surface area (Å²) in [7, 11) is 1.54. The average Bonchev–Trinajstić information content (AvgIpc) is 2.59. The van der Waals surface area contributed by atoms with Gasteiger partial charge in [-0.05, 0) is 23.8 Å². The summed E-state index contributed by atoms with van der Waals surface area (Å²) in [6.45, 7) is 3.51. The van der Waals surface area contributed by atoms with Crippen molar-refractivity contribution in [3.05, 3.63) is 65.2 Å². The molecule has 2 aromatic rings. The van der Waals surface area contributed by atoms with E-state index in [0.29, 0.717) is 5.75 Å². The molecule has 1 N–H and O–H groups in total. The van der Waals surface area contributed by atoms with E-state index in [1.165, 1.54) is 31.4 Å². The van der Waals surface area contributed by atoms with Crippen LogP contribution in [0.3, 0.4) is 0 Å². The van der Waals surface area contributed by atoms with Crippen LogP contribution in [-0.4, -0.2) is 38.2 Å². The van der Waals surface area contributed by atoms with Crippen LogP contribution >= 0.6 is 0 Å². The van der Waals surface area contributed by atoms with Crippen molar-refractivity contribution in [1.82, 2.24) is 10.2 Å². The zero-order valence-corrected chi connectivity index (χ0v) is 13.1. The number of nitrogens with zero attached hydrogens (tertiary/aromatic N) is 1. The van der Waals surface area contributed by atoms with E-state index >= 15 is 0 Å². The van der Waals surface area contributed by atoms with Crippen LogP contribution in [-0.2, 0) is 0 Å². The van der Waals surface area contributed by atoms with E-state index in [9.17, 15) is 8.78 Å². The van der Waals surface area contributed by atoms with Gasteiger partial charge in [-0.3, -0.25) is 4.90 Å². The first-order chi connectivity index (χ1) is 11.2. The Balaban J connectivity index is 2.05. The molecule has 0 unspecified atom stereocenters. The van der Waals surface area contributed by atoms with Gasteiger partial charge in [-0.25, -0.2) is 8.78 Å². The van der Waals surface area contributed by atoms with Crippen molar-refractivity contribution >= 4 is 0 Å². The second-order valence-corrected chi connectivity index (χ2v) is 5.63. The zero-order chi connectivity index (χ0) is 16.2. The van der Waals surface area contributed by atoms with Gasteiger partial charge in [0.15, 0.2) is 0 Å². The Kier molecular flexibility index (Phi) is 4.88. The third-order valence-electron chi connectivity index (χ3n) is 4.19. The monoisotopic (exact) mass is 318 g/mol. The topological polar surface area (TPSA) is 24.5 Å². The highest BCUT2D eigenvalue weighted by Crippen LogP contribution is 2.35. The minimum atomic E-state index is -0.330. The van der Waals surface area contributed by atoms with Crippen LogP contribution in [0.25, 0.3) is 0 Å². The highest BCUT2D eigenvalue weighted by molar-refractivity contribution is 5.42. The molecule has 0 spiro atoms. The van der Waals surface area contributed by atoms with Crippen molar-refractivity contribution in [2.24, 2.45) is 0 Å². The van der Waals surface area contributed by atoms with Gasteiger partial charge in [0.05, 0.1) is 13.2 Å². The quantitative estimate of drug-likeness (QED) is 0.938. The first-order valence-corrected chi connectivity index (χ1v) is 7.72. The SMILES string of the molecule is COc1cc(F)ccc1[C@@H](c1ccc(F)cc1)N1CCNCC1. The van der Waals surface area contributed by atoms with Gasteiger partial charge in [0.1, 0.15) is 17.4 Å². The molecule has 0 aromatic heterocycles. The fourth-order valence-electron chi connectivity index (χ4n) is 3.08. The highest BCUT2D eigenvalue weighted by Gasteiger charge is 2.26. The highest BCUT2D eigenvalue weighted by atomic mass is 19.1. The Morgan fingerprint density at radius 3 is 2.30 bits per heavy atom. The van der Waals surface area contributed by atoms with E-state index in [2.05, 4.69) is 10.2 Å². The molecule has 3 nitrogen and oxygen atoms in total. The Bertz CT molecular complexity index is 655. The number of benzene rings is 2. The number of ether oxygens (including phenoxy) is 1. The number of hydrogen-bond acceptors (Lipinski definition) is 3. The lowest BCUT2D eigenvalue weighted by Crippen LogP contribution is -2.45. The summed E-state index contributed by atoms with van der Waals surface area (Å²) in [6, 6.07) is 11.0. The van der Waals surface area contributed by atoms with E-state index in [-0.39, 0.29) is 17.7 Å². The number of piperazine rings is 1. The van der Waals surface area contributed by atoms with Crippen molar-refractivity contribution in [3.63, 3.8) is 0 Å². The molecular formula is C18H20F2N2O. The molecule has 0 radical (unpaired) electrons. The molecule has 0 saturated carbocycles. The Hall–Kier alpha value is -1.98. The van der Waals surface area contributed by atoms with Gasteiger partial charge < -0.3 is 10.1 Å². The normalized spacial score (nSPS) is 17.0. The molecule has 1 heterocycles. The summed E-state index contributed by atoms with van der Waals surface area (Å²) in [5.74, 6) is -0.0829. The molecular weight excluding hydrogens is 298 g/mol. The molecule has 1 saturated heterocycles. The number of nitrogens with one attached hydrogen (secondary N) is 1.